The molecule has 1 fully saturated rings. The van der Waals surface area contributed by atoms with Gasteiger partial charge in [-0.05, 0) is 39.8 Å². The largest absolute Gasteiger partial charge is 0.366 e. The molecule has 19 heavy (non-hydrogen) atoms. The lowest BCUT2D eigenvalue weighted by atomic mass is 9.97. The zero-order valence-corrected chi connectivity index (χ0v) is 14.3. The van der Waals surface area contributed by atoms with Crippen molar-refractivity contribution in [3.05, 3.63) is 28.8 Å². The van der Waals surface area contributed by atoms with Crippen LogP contribution >= 0.6 is 27.5 Å². The first kappa shape index (κ1) is 15.1. The second kappa shape index (κ2) is 5.27. The lowest BCUT2D eigenvalue weighted by Gasteiger charge is -2.48. The quantitative estimate of drug-likeness (QED) is 0.724. The highest BCUT2D eigenvalue weighted by molar-refractivity contribution is 9.08. The predicted octanol–water partition coefficient (Wildman–Crippen LogP) is 4.63. The number of nitrogens with zero attached hydrogens (tertiary/aromatic N) is 1. The van der Waals surface area contributed by atoms with Crippen molar-refractivity contribution in [2.24, 2.45) is 0 Å². The molecule has 0 bridgehead atoms. The monoisotopic (exact) mass is 345 g/mol. The van der Waals surface area contributed by atoms with Gasteiger partial charge >= 0.3 is 0 Å². The van der Waals surface area contributed by atoms with Gasteiger partial charge in [0.2, 0.25) is 0 Å². The number of hydrogen-bond donors (Lipinski definition) is 0. The summed E-state index contributed by atoms with van der Waals surface area (Å²) in [6.45, 7) is 10.3. The number of alkyl halides is 1. The normalized spacial score (nSPS) is 21.5. The summed E-state index contributed by atoms with van der Waals surface area (Å²) < 4.78 is 6.13. The van der Waals surface area contributed by atoms with Gasteiger partial charge in [-0.15, -0.1) is 0 Å². The van der Waals surface area contributed by atoms with Crippen molar-refractivity contribution in [1.82, 2.24) is 0 Å². The van der Waals surface area contributed by atoms with Crippen LogP contribution in [0.3, 0.4) is 0 Å². The van der Waals surface area contributed by atoms with E-state index in [9.17, 15) is 0 Å². The molecular formula is C15H21BrClNO. The van der Waals surface area contributed by atoms with Gasteiger partial charge in [-0.1, -0.05) is 33.6 Å². The van der Waals surface area contributed by atoms with E-state index in [-0.39, 0.29) is 11.2 Å². The summed E-state index contributed by atoms with van der Waals surface area (Å²) in [5.74, 6) is 0. The van der Waals surface area contributed by atoms with Gasteiger partial charge in [0.25, 0.3) is 0 Å². The molecule has 1 heterocycles. The van der Waals surface area contributed by atoms with E-state index in [0.29, 0.717) is 0 Å². The minimum Gasteiger partial charge on any atom is -0.366 e. The highest BCUT2D eigenvalue weighted by Gasteiger charge is 2.38. The summed E-state index contributed by atoms with van der Waals surface area (Å²) in [6.07, 6.45) is 0. The Bertz CT molecular complexity index is 457. The molecule has 1 aliphatic heterocycles. The van der Waals surface area contributed by atoms with E-state index in [1.807, 2.05) is 12.1 Å². The molecule has 106 valence electrons. The van der Waals surface area contributed by atoms with Crippen LogP contribution in [0.1, 0.15) is 33.3 Å². The number of rotatable bonds is 2. The first-order valence-electron chi connectivity index (χ1n) is 6.53. The molecule has 0 spiro atoms. The van der Waals surface area contributed by atoms with Crippen LogP contribution in [0, 0.1) is 0 Å². The number of hydrogen-bond acceptors (Lipinski definition) is 2. The predicted molar refractivity (Wildman–Crippen MR) is 85.5 cm³/mol. The molecule has 0 radical (unpaired) electrons. The average Bonchev–Trinajstić information content (AvgIpc) is 2.24. The third kappa shape index (κ3) is 3.45. The van der Waals surface area contributed by atoms with E-state index in [4.69, 9.17) is 16.3 Å². The number of anilines is 1. The number of benzene rings is 1. The smallest absolute Gasteiger partial charge is 0.0808 e. The summed E-state index contributed by atoms with van der Waals surface area (Å²) in [5, 5.41) is 1.58. The standard InChI is InChI=1S/C15H21BrClNO/c1-14(2)9-18(10-15(3,4)19-14)13-7-5-6-12(17)11(13)8-16/h5-7H,8-10H2,1-4H3. The molecule has 1 saturated heterocycles. The summed E-state index contributed by atoms with van der Waals surface area (Å²) in [6, 6.07) is 6.09. The van der Waals surface area contributed by atoms with Crippen LogP contribution < -0.4 is 4.90 Å². The first-order chi connectivity index (χ1) is 8.74. The fourth-order valence-electron chi connectivity index (χ4n) is 2.93. The van der Waals surface area contributed by atoms with Crippen molar-refractivity contribution in [3.63, 3.8) is 0 Å². The Hall–Kier alpha value is -0.250. The van der Waals surface area contributed by atoms with Crippen molar-refractivity contribution >= 4 is 33.2 Å². The molecule has 1 aliphatic rings. The molecule has 0 aliphatic carbocycles. The van der Waals surface area contributed by atoms with Crippen LogP contribution in [-0.4, -0.2) is 24.3 Å². The van der Waals surface area contributed by atoms with Gasteiger partial charge in [0.15, 0.2) is 0 Å². The molecule has 0 atom stereocenters. The van der Waals surface area contributed by atoms with E-state index >= 15 is 0 Å². The van der Waals surface area contributed by atoms with E-state index in [1.165, 1.54) is 5.69 Å². The van der Waals surface area contributed by atoms with Crippen LogP contribution in [0.4, 0.5) is 5.69 Å². The lowest BCUT2D eigenvalue weighted by molar-refractivity contribution is -0.133. The Balaban J connectivity index is 2.39. The topological polar surface area (TPSA) is 12.5 Å². The van der Waals surface area contributed by atoms with E-state index in [1.54, 1.807) is 0 Å². The first-order valence-corrected chi connectivity index (χ1v) is 8.02. The molecular weight excluding hydrogens is 326 g/mol. The van der Waals surface area contributed by atoms with Crippen molar-refractivity contribution in [1.29, 1.82) is 0 Å². The maximum absolute atomic E-state index is 6.30. The summed E-state index contributed by atoms with van der Waals surface area (Å²) in [5.41, 5.74) is 2.04. The van der Waals surface area contributed by atoms with Crippen molar-refractivity contribution in [2.75, 3.05) is 18.0 Å². The van der Waals surface area contributed by atoms with Gasteiger partial charge in [0.1, 0.15) is 0 Å². The van der Waals surface area contributed by atoms with Gasteiger partial charge in [0, 0.05) is 34.7 Å². The van der Waals surface area contributed by atoms with Crippen LogP contribution in [0.25, 0.3) is 0 Å². The molecule has 0 unspecified atom stereocenters. The van der Waals surface area contributed by atoms with Crippen molar-refractivity contribution < 1.29 is 4.74 Å². The Morgan fingerprint density at radius 1 is 1.21 bits per heavy atom. The second-order valence-corrected chi connectivity index (χ2v) is 7.32. The van der Waals surface area contributed by atoms with E-state index in [0.717, 1.165) is 29.0 Å². The highest BCUT2D eigenvalue weighted by atomic mass is 79.9. The van der Waals surface area contributed by atoms with Gasteiger partial charge in [-0.25, -0.2) is 0 Å². The molecule has 1 aromatic carbocycles. The zero-order valence-electron chi connectivity index (χ0n) is 12.0. The molecule has 0 saturated carbocycles. The number of halogens is 2. The maximum Gasteiger partial charge on any atom is 0.0808 e. The zero-order chi connectivity index (χ0) is 14.3. The van der Waals surface area contributed by atoms with Crippen molar-refractivity contribution in [3.8, 4) is 0 Å². The van der Waals surface area contributed by atoms with Crippen LogP contribution in [0.15, 0.2) is 18.2 Å². The Morgan fingerprint density at radius 3 is 2.32 bits per heavy atom. The summed E-state index contributed by atoms with van der Waals surface area (Å²) in [7, 11) is 0. The third-order valence-corrected chi connectivity index (χ3v) is 4.18. The van der Waals surface area contributed by atoms with E-state index in [2.05, 4.69) is 54.6 Å². The minimum atomic E-state index is -0.159. The van der Waals surface area contributed by atoms with Crippen molar-refractivity contribution in [2.45, 2.75) is 44.2 Å². The maximum atomic E-state index is 6.30. The van der Waals surface area contributed by atoms with Crippen LogP contribution in [0.2, 0.25) is 5.02 Å². The Labute approximate surface area is 129 Å². The van der Waals surface area contributed by atoms with Gasteiger partial charge in [0.05, 0.1) is 11.2 Å². The fraction of sp³-hybridized carbons (Fsp3) is 0.600. The highest BCUT2D eigenvalue weighted by Crippen LogP contribution is 2.35. The van der Waals surface area contributed by atoms with Crippen LogP contribution in [0.5, 0.6) is 0 Å². The van der Waals surface area contributed by atoms with E-state index < -0.39 is 0 Å². The second-order valence-electron chi connectivity index (χ2n) is 6.35. The molecule has 2 rings (SSSR count). The molecule has 2 nitrogen and oxygen atoms in total. The minimum absolute atomic E-state index is 0.159. The Morgan fingerprint density at radius 2 is 1.79 bits per heavy atom. The molecule has 0 amide bonds. The Kier molecular flexibility index (Phi) is 4.20. The molecule has 0 N–H and O–H groups in total. The average molecular weight is 347 g/mol. The molecule has 0 aromatic heterocycles. The number of ether oxygens (including phenoxy) is 1. The third-order valence-electron chi connectivity index (χ3n) is 3.26. The summed E-state index contributed by atoms with van der Waals surface area (Å²) in [4.78, 5) is 2.38. The fourth-order valence-corrected chi connectivity index (χ4v) is 3.92. The summed E-state index contributed by atoms with van der Waals surface area (Å²) >= 11 is 9.84. The van der Waals surface area contributed by atoms with Gasteiger partial charge < -0.3 is 9.64 Å². The van der Waals surface area contributed by atoms with Gasteiger partial charge in [-0.3, -0.25) is 0 Å². The molecule has 4 heteroatoms. The van der Waals surface area contributed by atoms with Gasteiger partial charge in [-0.2, -0.15) is 0 Å². The molecule has 1 aromatic rings. The van der Waals surface area contributed by atoms with Crippen LogP contribution in [-0.2, 0) is 10.1 Å². The SMILES string of the molecule is CC1(C)CN(c2cccc(Cl)c2CBr)CC(C)(C)O1. The lowest BCUT2D eigenvalue weighted by Crippen LogP contribution is -2.57. The number of morpholine rings is 1.